The number of benzene rings is 1. The molecule has 1 aromatic carbocycles. The number of nitrogens with one attached hydrogen (secondary N) is 3. The Hall–Kier alpha value is -4.94. The molecule has 2 fully saturated rings. The summed E-state index contributed by atoms with van der Waals surface area (Å²) >= 11 is 0. The largest absolute Gasteiger partial charge is 0.443 e. The molecule has 2 aliphatic rings. The van der Waals surface area contributed by atoms with Crippen LogP contribution in [0.15, 0.2) is 36.2 Å². The lowest BCUT2D eigenvalue weighted by Crippen LogP contribution is -2.39. The normalized spacial score (nSPS) is 16.5. The van der Waals surface area contributed by atoms with Crippen LogP contribution >= 0.6 is 0 Å². The number of hydrogen-bond donors (Lipinski definition) is 3. The van der Waals surface area contributed by atoms with Gasteiger partial charge in [0, 0.05) is 34.3 Å². The van der Waals surface area contributed by atoms with Crippen molar-refractivity contribution in [2.24, 2.45) is 0 Å². The van der Waals surface area contributed by atoms with Crippen LogP contribution in [0.1, 0.15) is 44.9 Å². The van der Waals surface area contributed by atoms with Crippen LogP contribution in [0.5, 0.6) is 11.6 Å². The van der Waals surface area contributed by atoms with Gasteiger partial charge in [0.2, 0.25) is 5.88 Å². The maximum atomic E-state index is 15.4. The number of amides is 4. The first-order valence-corrected chi connectivity index (χ1v) is 12.7. The second kappa shape index (κ2) is 9.07. The molecular weight excluding hydrogens is 521 g/mol. The van der Waals surface area contributed by atoms with Gasteiger partial charge in [-0.05, 0) is 64.8 Å². The standard InChI is InChI=1S/C27H26FN7O5/c1-13-9-16-17(30-13)7-8-19(22(16)28)39-20-11-21(34(15-5-6-15)26(38)40-27(2,3)4)35-23(32-20)14(12-29-35)10-18-24(36)33-25(37)31-18/h7-12,15,30H,5-6H2,1-4H3,(H2,31,33,36,37). The average Bonchev–Trinajstić information content (AvgIpc) is 3.36. The Labute approximate surface area is 227 Å². The summed E-state index contributed by atoms with van der Waals surface area (Å²) < 4.78 is 28.4. The second-order valence-corrected chi connectivity index (χ2v) is 10.7. The van der Waals surface area contributed by atoms with Crippen molar-refractivity contribution in [1.29, 1.82) is 0 Å². The van der Waals surface area contributed by atoms with E-state index >= 15 is 4.39 Å². The number of H-pyrrole nitrogens is 1. The van der Waals surface area contributed by atoms with Crippen molar-refractivity contribution in [3.05, 3.63) is 53.2 Å². The molecule has 1 aliphatic carbocycles. The molecule has 0 spiro atoms. The zero-order valence-corrected chi connectivity index (χ0v) is 22.2. The Morgan fingerprint density at radius 1 is 1.20 bits per heavy atom. The van der Waals surface area contributed by atoms with Crippen molar-refractivity contribution in [3.8, 4) is 11.6 Å². The zero-order chi connectivity index (χ0) is 28.3. The number of aromatic amines is 1. The van der Waals surface area contributed by atoms with Gasteiger partial charge >= 0.3 is 12.1 Å². The topological polar surface area (TPSA) is 143 Å². The molecule has 0 bridgehead atoms. The van der Waals surface area contributed by atoms with Crippen LogP contribution < -0.4 is 20.3 Å². The van der Waals surface area contributed by atoms with Gasteiger partial charge in [0.1, 0.15) is 17.1 Å². The van der Waals surface area contributed by atoms with E-state index in [4.69, 9.17) is 9.47 Å². The summed E-state index contributed by atoms with van der Waals surface area (Å²) in [5, 5.41) is 9.33. The number of carbonyl (C=O) groups is 3. The molecule has 1 saturated heterocycles. The van der Waals surface area contributed by atoms with E-state index in [1.54, 1.807) is 32.9 Å². The summed E-state index contributed by atoms with van der Waals surface area (Å²) in [6, 6.07) is 5.57. The fourth-order valence-corrected chi connectivity index (χ4v) is 4.46. The summed E-state index contributed by atoms with van der Waals surface area (Å²) in [6.45, 7) is 7.14. The molecule has 0 radical (unpaired) electrons. The number of anilines is 1. The molecule has 206 valence electrons. The van der Waals surface area contributed by atoms with Gasteiger partial charge in [-0.1, -0.05) is 0 Å². The van der Waals surface area contributed by atoms with Gasteiger partial charge in [-0.3, -0.25) is 15.0 Å². The molecule has 0 unspecified atom stereocenters. The number of imide groups is 1. The fourth-order valence-electron chi connectivity index (χ4n) is 4.46. The third-order valence-corrected chi connectivity index (χ3v) is 6.28. The van der Waals surface area contributed by atoms with Crippen LogP contribution in [0.3, 0.4) is 0 Å². The van der Waals surface area contributed by atoms with Gasteiger partial charge in [-0.25, -0.2) is 14.0 Å². The Morgan fingerprint density at radius 3 is 2.65 bits per heavy atom. The number of fused-ring (bicyclic) bond motifs is 2. The molecule has 3 N–H and O–H groups in total. The van der Waals surface area contributed by atoms with Crippen LogP contribution in [0.25, 0.3) is 22.6 Å². The number of aromatic nitrogens is 4. The molecule has 1 saturated carbocycles. The number of aryl methyl sites for hydroxylation is 1. The van der Waals surface area contributed by atoms with Gasteiger partial charge in [0.15, 0.2) is 17.2 Å². The van der Waals surface area contributed by atoms with E-state index in [9.17, 15) is 14.4 Å². The molecule has 0 atom stereocenters. The van der Waals surface area contributed by atoms with Crippen LogP contribution in [0.2, 0.25) is 0 Å². The first kappa shape index (κ1) is 25.3. The van der Waals surface area contributed by atoms with Crippen molar-refractivity contribution in [2.45, 2.75) is 52.2 Å². The second-order valence-electron chi connectivity index (χ2n) is 10.7. The van der Waals surface area contributed by atoms with Gasteiger partial charge in [-0.15, -0.1) is 0 Å². The number of hydrogen-bond acceptors (Lipinski definition) is 7. The van der Waals surface area contributed by atoms with Gasteiger partial charge in [0.25, 0.3) is 5.91 Å². The molecule has 4 aromatic rings. The first-order chi connectivity index (χ1) is 19.0. The lowest BCUT2D eigenvalue weighted by Gasteiger charge is -2.27. The van der Waals surface area contributed by atoms with E-state index in [-0.39, 0.29) is 29.0 Å². The highest BCUT2D eigenvalue weighted by Gasteiger charge is 2.38. The molecule has 3 aromatic heterocycles. The van der Waals surface area contributed by atoms with E-state index in [0.29, 0.717) is 22.3 Å². The number of carbonyl (C=O) groups excluding carboxylic acids is 3. The molecule has 4 amide bonds. The number of rotatable bonds is 5. The predicted octanol–water partition coefficient (Wildman–Crippen LogP) is 4.53. The van der Waals surface area contributed by atoms with E-state index in [1.165, 1.54) is 33.8 Å². The molecule has 6 rings (SSSR count). The highest BCUT2D eigenvalue weighted by molar-refractivity contribution is 6.14. The third-order valence-electron chi connectivity index (χ3n) is 6.28. The maximum absolute atomic E-state index is 15.4. The third kappa shape index (κ3) is 4.70. The highest BCUT2D eigenvalue weighted by Crippen LogP contribution is 2.37. The Bertz CT molecular complexity index is 1750. The molecule has 13 heteroatoms. The summed E-state index contributed by atoms with van der Waals surface area (Å²) in [7, 11) is 0. The minimum absolute atomic E-state index is 0.0000800. The SMILES string of the molecule is Cc1cc2c(F)c(Oc3cc(N(C(=O)OC(C)(C)C)C4CC4)n4ncc(C=C5NC(=O)NC5=O)c4n3)ccc2[nH]1. The molecule has 1 aliphatic heterocycles. The van der Waals surface area contributed by atoms with Crippen molar-refractivity contribution >= 4 is 46.5 Å². The van der Waals surface area contributed by atoms with Gasteiger partial charge in [-0.2, -0.15) is 14.6 Å². The average molecular weight is 548 g/mol. The summed E-state index contributed by atoms with van der Waals surface area (Å²) in [6.07, 6.45) is 3.77. The summed E-state index contributed by atoms with van der Waals surface area (Å²) in [4.78, 5) is 46.2. The van der Waals surface area contributed by atoms with E-state index in [1.807, 2.05) is 6.92 Å². The highest BCUT2D eigenvalue weighted by atomic mass is 19.1. The Morgan fingerprint density at radius 2 is 1.98 bits per heavy atom. The monoisotopic (exact) mass is 547 g/mol. The lowest BCUT2D eigenvalue weighted by atomic mass is 10.2. The van der Waals surface area contributed by atoms with Crippen molar-refractivity contribution in [3.63, 3.8) is 0 Å². The number of nitrogens with zero attached hydrogens (tertiary/aromatic N) is 4. The zero-order valence-electron chi connectivity index (χ0n) is 22.2. The quantitative estimate of drug-likeness (QED) is 0.246. The van der Waals surface area contributed by atoms with E-state index in [2.05, 4.69) is 25.7 Å². The number of halogens is 1. The molecule has 40 heavy (non-hydrogen) atoms. The summed E-state index contributed by atoms with van der Waals surface area (Å²) in [5.74, 6) is -0.964. The maximum Gasteiger partial charge on any atom is 0.416 e. The summed E-state index contributed by atoms with van der Waals surface area (Å²) in [5.41, 5.74) is 1.23. The predicted molar refractivity (Wildman–Crippen MR) is 142 cm³/mol. The minimum Gasteiger partial charge on any atom is -0.443 e. The van der Waals surface area contributed by atoms with E-state index in [0.717, 1.165) is 18.5 Å². The van der Waals surface area contributed by atoms with Crippen molar-refractivity contribution < 1.29 is 28.2 Å². The van der Waals surface area contributed by atoms with Crippen molar-refractivity contribution in [1.82, 2.24) is 30.2 Å². The molecule has 12 nitrogen and oxygen atoms in total. The van der Waals surface area contributed by atoms with Crippen LogP contribution in [-0.4, -0.2) is 49.3 Å². The van der Waals surface area contributed by atoms with Crippen LogP contribution in [0.4, 0.5) is 19.8 Å². The number of urea groups is 1. The Kier molecular flexibility index (Phi) is 5.75. The first-order valence-electron chi connectivity index (χ1n) is 12.7. The van der Waals surface area contributed by atoms with Crippen LogP contribution in [-0.2, 0) is 9.53 Å². The lowest BCUT2D eigenvalue weighted by molar-refractivity contribution is -0.115. The van der Waals surface area contributed by atoms with Gasteiger partial charge in [0.05, 0.1) is 6.20 Å². The Balaban J connectivity index is 1.49. The van der Waals surface area contributed by atoms with E-state index < -0.39 is 29.4 Å². The smallest absolute Gasteiger partial charge is 0.416 e. The minimum atomic E-state index is -0.753. The number of ether oxygens (including phenoxy) is 2. The van der Waals surface area contributed by atoms with Gasteiger partial charge < -0.3 is 19.8 Å². The van der Waals surface area contributed by atoms with Crippen LogP contribution in [0, 0.1) is 12.7 Å². The molecular formula is C27H26FN7O5. The van der Waals surface area contributed by atoms with Crippen molar-refractivity contribution in [2.75, 3.05) is 4.90 Å². The fraction of sp³-hybridized carbons (Fsp3) is 0.296. The molecule has 4 heterocycles.